The van der Waals surface area contributed by atoms with Crippen molar-refractivity contribution in [2.75, 3.05) is 5.32 Å². The molecule has 0 aliphatic heterocycles. The van der Waals surface area contributed by atoms with Gasteiger partial charge in [-0.3, -0.25) is 9.59 Å². The number of anilines is 1. The number of hydrogen-bond donors (Lipinski definition) is 3. The molecule has 0 aromatic heterocycles. The summed E-state index contributed by atoms with van der Waals surface area (Å²) in [7, 11) is 0. The zero-order valence-electron chi connectivity index (χ0n) is 14.8. The Kier molecular flexibility index (Phi) is 7.55. The molecule has 0 bridgehead atoms. The third-order valence-electron chi connectivity index (χ3n) is 3.90. The van der Waals surface area contributed by atoms with Crippen LogP contribution in [-0.2, 0) is 9.59 Å². The number of hydrazone groups is 1. The van der Waals surface area contributed by atoms with Gasteiger partial charge in [-0.25, -0.2) is 5.43 Å². The van der Waals surface area contributed by atoms with E-state index < -0.39 is 0 Å². The molecule has 142 valence electrons. The van der Waals surface area contributed by atoms with E-state index >= 15 is 0 Å². The summed E-state index contributed by atoms with van der Waals surface area (Å²) < 4.78 is 1.01. The Morgan fingerprint density at radius 1 is 1.11 bits per heavy atom. The highest BCUT2D eigenvalue weighted by molar-refractivity contribution is 9.11. The van der Waals surface area contributed by atoms with Crippen molar-refractivity contribution in [1.29, 1.82) is 0 Å². The molecular weight excluding hydrogens is 478 g/mol. The number of phenols is 1. The summed E-state index contributed by atoms with van der Waals surface area (Å²) in [6, 6.07) is 9.00. The maximum atomic E-state index is 12.0. The molecule has 3 N–H and O–H groups in total. The van der Waals surface area contributed by atoms with E-state index in [2.05, 4.69) is 47.7 Å². The number of aromatic hydroxyl groups is 1. The van der Waals surface area contributed by atoms with Crippen LogP contribution in [-0.4, -0.2) is 23.1 Å². The molecule has 0 heterocycles. The molecule has 0 saturated carbocycles. The predicted molar refractivity (Wildman–Crippen MR) is 113 cm³/mol. The molecule has 8 heteroatoms. The number of aryl methyl sites for hydroxylation is 1. The second-order valence-electron chi connectivity index (χ2n) is 5.92. The monoisotopic (exact) mass is 495 g/mol. The molecule has 2 amide bonds. The Labute approximate surface area is 174 Å². The molecule has 0 saturated heterocycles. The first kappa shape index (κ1) is 21.1. The largest absolute Gasteiger partial charge is 0.506 e. The number of phenolic OH excluding ortho intramolecular Hbond substituents is 1. The molecule has 0 spiro atoms. The number of carbonyl (C=O) groups excluding carboxylic acids is 2. The van der Waals surface area contributed by atoms with Crippen LogP contribution >= 0.6 is 31.9 Å². The highest BCUT2D eigenvalue weighted by Crippen LogP contribution is 2.32. The second kappa shape index (κ2) is 9.66. The highest BCUT2D eigenvalue weighted by Gasteiger charge is 2.09. The van der Waals surface area contributed by atoms with Crippen LogP contribution in [0.3, 0.4) is 0 Å². The maximum Gasteiger partial charge on any atom is 0.240 e. The van der Waals surface area contributed by atoms with Gasteiger partial charge in [0.05, 0.1) is 15.2 Å². The lowest BCUT2D eigenvalue weighted by atomic mass is 10.1. The third-order valence-corrected chi connectivity index (χ3v) is 5.11. The van der Waals surface area contributed by atoms with E-state index in [4.69, 9.17) is 0 Å². The molecule has 0 fully saturated rings. The van der Waals surface area contributed by atoms with Crippen LogP contribution in [0.2, 0.25) is 0 Å². The fraction of sp³-hybridized carbons (Fsp3) is 0.211. The first-order valence-corrected chi connectivity index (χ1v) is 9.72. The minimum Gasteiger partial charge on any atom is -0.506 e. The van der Waals surface area contributed by atoms with Crippen molar-refractivity contribution in [2.45, 2.75) is 26.7 Å². The lowest BCUT2D eigenvalue weighted by Crippen LogP contribution is -2.21. The number of benzene rings is 2. The smallest absolute Gasteiger partial charge is 0.240 e. The van der Waals surface area contributed by atoms with Gasteiger partial charge in [-0.2, -0.15) is 5.10 Å². The average molecular weight is 497 g/mol. The van der Waals surface area contributed by atoms with Crippen LogP contribution < -0.4 is 10.7 Å². The predicted octanol–water partition coefficient (Wildman–Crippen LogP) is 4.40. The Balaban J connectivity index is 1.82. The van der Waals surface area contributed by atoms with Crippen LogP contribution in [0.4, 0.5) is 5.69 Å². The van der Waals surface area contributed by atoms with Gasteiger partial charge in [-0.05, 0) is 80.6 Å². The van der Waals surface area contributed by atoms with E-state index in [1.807, 2.05) is 32.0 Å². The van der Waals surface area contributed by atoms with Crippen LogP contribution in [0.25, 0.3) is 0 Å². The molecule has 0 atom stereocenters. The fourth-order valence-electron chi connectivity index (χ4n) is 2.22. The fourth-order valence-corrected chi connectivity index (χ4v) is 3.44. The van der Waals surface area contributed by atoms with Crippen molar-refractivity contribution in [3.8, 4) is 5.75 Å². The normalized spacial score (nSPS) is 10.8. The van der Waals surface area contributed by atoms with Crippen molar-refractivity contribution in [3.63, 3.8) is 0 Å². The maximum absolute atomic E-state index is 12.0. The van der Waals surface area contributed by atoms with E-state index in [-0.39, 0.29) is 30.4 Å². The minimum atomic E-state index is -0.362. The number of amides is 2. The quantitative estimate of drug-likeness (QED) is 0.408. The SMILES string of the molecule is Cc1cccc(NC(=O)CCC(=O)N/N=C/c2cc(Br)c(O)c(Br)c2)c1C. The van der Waals surface area contributed by atoms with Gasteiger partial charge in [0.1, 0.15) is 5.75 Å². The van der Waals surface area contributed by atoms with Crippen molar-refractivity contribution in [3.05, 3.63) is 56.0 Å². The van der Waals surface area contributed by atoms with Crippen LogP contribution in [0.1, 0.15) is 29.5 Å². The summed E-state index contributed by atoms with van der Waals surface area (Å²) in [4.78, 5) is 23.9. The minimum absolute atomic E-state index is 0.0248. The summed E-state index contributed by atoms with van der Waals surface area (Å²) in [5, 5.41) is 16.3. The van der Waals surface area contributed by atoms with Gasteiger partial charge >= 0.3 is 0 Å². The Morgan fingerprint density at radius 2 is 1.74 bits per heavy atom. The lowest BCUT2D eigenvalue weighted by Gasteiger charge is -2.10. The number of nitrogens with zero attached hydrogens (tertiary/aromatic N) is 1. The molecule has 0 radical (unpaired) electrons. The molecule has 0 unspecified atom stereocenters. The first-order valence-electron chi connectivity index (χ1n) is 8.14. The third kappa shape index (κ3) is 6.18. The van der Waals surface area contributed by atoms with Gasteiger partial charge in [-0.15, -0.1) is 0 Å². The highest BCUT2D eigenvalue weighted by atomic mass is 79.9. The van der Waals surface area contributed by atoms with Crippen molar-refractivity contribution >= 4 is 55.6 Å². The summed E-state index contributed by atoms with van der Waals surface area (Å²) in [5.41, 5.74) is 5.91. The molecule has 0 aliphatic rings. The Hall–Kier alpha value is -2.19. The molecular formula is C19H19Br2N3O3. The Morgan fingerprint density at radius 3 is 2.41 bits per heavy atom. The molecule has 2 aromatic rings. The number of hydrogen-bond acceptors (Lipinski definition) is 4. The number of carbonyl (C=O) groups is 2. The van der Waals surface area contributed by atoms with Crippen LogP contribution in [0.15, 0.2) is 44.4 Å². The van der Waals surface area contributed by atoms with Crippen LogP contribution in [0.5, 0.6) is 5.75 Å². The molecule has 2 aromatic carbocycles. The second-order valence-corrected chi connectivity index (χ2v) is 7.63. The van der Waals surface area contributed by atoms with Gasteiger partial charge < -0.3 is 10.4 Å². The summed E-state index contributed by atoms with van der Waals surface area (Å²) in [6.07, 6.45) is 1.53. The van der Waals surface area contributed by atoms with Crippen molar-refractivity contribution in [1.82, 2.24) is 5.43 Å². The molecule has 2 rings (SSSR count). The van der Waals surface area contributed by atoms with E-state index in [0.717, 1.165) is 16.8 Å². The molecule has 0 aliphatic carbocycles. The molecule has 6 nitrogen and oxygen atoms in total. The van der Waals surface area contributed by atoms with Crippen molar-refractivity contribution in [2.24, 2.45) is 5.10 Å². The van der Waals surface area contributed by atoms with Crippen molar-refractivity contribution < 1.29 is 14.7 Å². The summed E-state index contributed by atoms with van der Waals surface area (Å²) in [5.74, 6) is -0.500. The zero-order valence-corrected chi connectivity index (χ0v) is 18.0. The summed E-state index contributed by atoms with van der Waals surface area (Å²) >= 11 is 6.44. The van der Waals surface area contributed by atoms with Gasteiger partial charge in [0.2, 0.25) is 11.8 Å². The molecule has 27 heavy (non-hydrogen) atoms. The standard InChI is InChI=1S/C19H19Br2N3O3/c1-11-4-3-5-16(12(11)2)23-17(25)6-7-18(26)24-22-10-13-8-14(20)19(27)15(21)9-13/h3-5,8-10,27H,6-7H2,1-2H3,(H,23,25)(H,24,26)/b22-10+. The number of halogens is 2. The summed E-state index contributed by atoms with van der Waals surface area (Å²) in [6.45, 7) is 3.91. The van der Waals surface area contributed by atoms with Gasteiger partial charge in [0.25, 0.3) is 0 Å². The lowest BCUT2D eigenvalue weighted by molar-refractivity contribution is -0.124. The van der Waals surface area contributed by atoms with E-state index in [1.165, 1.54) is 6.21 Å². The number of rotatable bonds is 6. The van der Waals surface area contributed by atoms with E-state index in [9.17, 15) is 14.7 Å². The average Bonchev–Trinajstić information content (AvgIpc) is 2.62. The van der Waals surface area contributed by atoms with E-state index in [0.29, 0.717) is 14.5 Å². The van der Waals surface area contributed by atoms with Gasteiger partial charge in [0.15, 0.2) is 0 Å². The Bertz CT molecular complexity index is 875. The first-order chi connectivity index (χ1) is 12.8. The van der Waals surface area contributed by atoms with E-state index in [1.54, 1.807) is 12.1 Å². The van der Waals surface area contributed by atoms with Gasteiger partial charge in [-0.1, -0.05) is 12.1 Å². The number of nitrogens with one attached hydrogen (secondary N) is 2. The zero-order chi connectivity index (χ0) is 20.0. The van der Waals surface area contributed by atoms with Crippen LogP contribution in [0, 0.1) is 13.8 Å². The van der Waals surface area contributed by atoms with Gasteiger partial charge in [0, 0.05) is 18.5 Å². The topological polar surface area (TPSA) is 90.8 Å².